The summed E-state index contributed by atoms with van der Waals surface area (Å²) in [6, 6.07) is 2.42. The van der Waals surface area contributed by atoms with Crippen LogP contribution < -0.4 is 5.32 Å². The summed E-state index contributed by atoms with van der Waals surface area (Å²) in [4.78, 5) is 0. The highest BCUT2D eigenvalue weighted by molar-refractivity contribution is 4.97. The predicted octanol–water partition coefficient (Wildman–Crippen LogP) is 1.59. The van der Waals surface area contributed by atoms with Gasteiger partial charge in [-0.1, -0.05) is 6.92 Å². The Balaban J connectivity index is 2.20. The number of rotatable bonds is 7. The first-order valence-corrected chi connectivity index (χ1v) is 5.56. The van der Waals surface area contributed by atoms with Gasteiger partial charge in [-0.05, 0) is 26.5 Å². The van der Waals surface area contributed by atoms with Crippen LogP contribution in [0, 0.1) is 0 Å². The molecule has 0 fully saturated rings. The second kappa shape index (κ2) is 6.58. The number of nitrogens with zero attached hydrogens (tertiary/aromatic N) is 2. The molecule has 4 nitrogen and oxygen atoms in total. The van der Waals surface area contributed by atoms with Crippen LogP contribution in [-0.2, 0) is 11.3 Å². The minimum Gasteiger partial charge on any atom is -0.374 e. The van der Waals surface area contributed by atoms with Gasteiger partial charge in [0.25, 0.3) is 0 Å². The highest BCUT2D eigenvalue weighted by atomic mass is 16.5. The van der Waals surface area contributed by atoms with Crippen LogP contribution in [0.1, 0.15) is 32.5 Å². The lowest BCUT2D eigenvalue weighted by molar-refractivity contribution is 0.120. The molecule has 0 amide bonds. The SMILES string of the molecule is CCNCCOCc1ccn(C(C)C)n1. The van der Waals surface area contributed by atoms with E-state index in [4.69, 9.17) is 4.74 Å². The minimum atomic E-state index is 0.417. The molecule has 1 aromatic heterocycles. The second-order valence-corrected chi connectivity index (χ2v) is 3.79. The zero-order chi connectivity index (χ0) is 11.1. The first-order valence-electron chi connectivity index (χ1n) is 5.56. The number of hydrogen-bond acceptors (Lipinski definition) is 3. The topological polar surface area (TPSA) is 39.1 Å². The molecule has 0 aliphatic heterocycles. The number of nitrogens with one attached hydrogen (secondary N) is 1. The fourth-order valence-corrected chi connectivity index (χ4v) is 1.24. The van der Waals surface area contributed by atoms with E-state index in [2.05, 4.69) is 31.2 Å². The van der Waals surface area contributed by atoms with Crippen LogP contribution in [0.25, 0.3) is 0 Å². The van der Waals surface area contributed by atoms with Gasteiger partial charge in [-0.3, -0.25) is 4.68 Å². The summed E-state index contributed by atoms with van der Waals surface area (Å²) in [6.45, 7) is 9.55. The van der Waals surface area contributed by atoms with E-state index in [1.165, 1.54) is 0 Å². The number of hydrogen-bond donors (Lipinski definition) is 1. The van der Waals surface area contributed by atoms with Crippen LogP contribution in [-0.4, -0.2) is 29.5 Å². The Labute approximate surface area is 91.6 Å². The number of aromatic nitrogens is 2. The molecule has 0 atom stereocenters. The van der Waals surface area contributed by atoms with Gasteiger partial charge < -0.3 is 10.1 Å². The molecule has 1 N–H and O–H groups in total. The second-order valence-electron chi connectivity index (χ2n) is 3.79. The molecular formula is C11H21N3O. The Morgan fingerprint density at radius 3 is 2.93 bits per heavy atom. The molecule has 1 heterocycles. The molecule has 0 unspecified atom stereocenters. The average Bonchev–Trinajstić information content (AvgIpc) is 2.66. The Bertz CT molecular complexity index is 271. The summed E-state index contributed by atoms with van der Waals surface area (Å²) < 4.78 is 7.42. The van der Waals surface area contributed by atoms with E-state index in [0.29, 0.717) is 12.6 Å². The number of ether oxygens (including phenoxy) is 1. The van der Waals surface area contributed by atoms with Crippen LogP contribution in [0.5, 0.6) is 0 Å². The Morgan fingerprint density at radius 1 is 1.53 bits per heavy atom. The van der Waals surface area contributed by atoms with Crippen molar-refractivity contribution in [3.63, 3.8) is 0 Å². The summed E-state index contributed by atoms with van der Waals surface area (Å²) in [5.41, 5.74) is 1.00. The third kappa shape index (κ3) is 4.44. The van der Waals surface area contributed by atoms with Crippen LogP contribution in [0.15, 0.2) is 12.3 Å². The monoisotopic (exact) mass is 211 g/mol. The quantitative estimate of drug-likeness (QED) is 0.696. The van der Waals surface area contributed by atoms with E-state index in [1.54, 1.807) is 0 Å². The summed E-state index contributed by atoms with van der Waals surface area (Å²) in [7, 11) is 0. The molecule has 1 rings (SSSR count). The summed E-state index contributed by atoms with van der Waals surface area (Å²) in [6.07, 6.45) is 1.99. The van der Waals surface area contributed by atoms with Gasteiger partial charge in [0.1, 0.15) is 0 Å². The van der Waals surface area contributed by atoms with Crippen molar-refractivity contribution >= 4 is 0 Å². The van der Waals surface area contributed by atoms with Gasteiger partial charge in [-0.25, -0.2) is 0 Å². The predicted molar refractivity (Wildman–Crippen MR) is 60.8 cm³/mol. The molecule has 0 aromatic carbocycles. The van der Waals surface area contributed by atoms with Gasteiger partial charge in [0, 0.05) is 18.8 Å². The highest BCUT2D eigenvalue weighted by Crippen LogP contribution is 2.04. The van der Waals surface area contributed by atoms with E-state index in [9.17, 15) is 0 Å². The van der Waals surface area contributed by atoms with Crippen LogP contribution in [0.3, 0.4) is 0 Å². The number of likely N-dealkylation sites (N-methyl/N-ethyl adjacent to an activating group) is 1. The van der Waals surface area contributed by atoms with Crippen LogP contribution in [0.4, 0.5) is 0 Å². The third-order valence-electron chi connectivity index (χ3n) is 2.12. The van der Waals surface area contributed by atoms with E-state index in [1.807, 2.05) is 16.9 Å². The maximum atomic E-state index is 5.48. The van der Waals surface area contributed by atoms with Gasteiger partial charge in [0.05, 0.1) is 18.9 Å². The van der Waals surface area contributed by atoms with Crippen molar-refractivity contribution in [2.75, 3.05) is 19.7 Å². The van der Waals surface area contributed by atoms with E-state index >= 15 is 0 Å². The van der Waals surface area contributed by atoms with E-state index in [-0.39, 0.29) is 0 Å². The Hall–Kier alpha value is -0.870. The fraction of sp³-hybridized carbons (Fsp3) is 0.727. The zero-order valence-electron chi connectivity index (χ0n) is 9.86. The lowest BCUT2D eigenvalue weighted by atomic mass is 10.4. The van der Waals surface area contributed by atoms with Crippen molar-refractivity contribution in [3.8, 4) is 0 Å². The largest absolute Gasteiger partial charge is 0.374 e. The summed E-state index contributed by atoms with van der Waals surface area (Å²) in [5.74, 6) is 0. The fourth-order valence-electron chi connectivity index (χ4n) is 1.24. The van der Waals surface area contributed by atoms with Gasteiger partial charge >= 0.3 is 0 Å². The van der Waals surface area contributed by atoms with Gasteiger partial charge in [-0.2, -0.15) is 5.10 Å². The van der Waals surface area contributed by atoms with Crippen molar-refractivity contribution < 1.29 is 4.74 Å². The first-order chi connectivity index (χ1) is 7.24. The molecule has 0 spiro atoms. The third-order valence-corrected chi connectivity index (χ3v) is 2.12. The molecule has 15 heavy (non-hydrogen) atoms. The molecule has 0 bridgehead atoms. The molecule has 86 valence electrons. The van der Waals surface area contributed by atoms with E-state index in [0.717, 1.165) is 25.4 Å². The molecule has 0 aliphatic carbocycles. The van der Waals surface area contributed by atoms with Crippen molar-refractivity contribution in [2.24, 2.45) is 0 Å². The smallest absolute Gasteiger partial charge is 0.0907 e. The standard InChI is InChI=1S/C11H21N3O/c1-4-12-6-8-15-9-11-5-7-14(13-11)10(2)3/h5,7,10,12H,4,6,8-9H2,1-3H3. The average molecular weight is 211 g/mol. The van der Waals surface area contributed by atoms with Crippen LogP contribution >= 0.6 is 0 Å². The lowest BCUT2D eigenvalue weighted by Gasteiger charge is -2.04. The first kappa shape index (κ1) is 12.2. The highest BCUT2D eigenvalue weighted by Gasteiger charge is 2.01. The lowest BCUT2D eigenvalue weighted by Crippen LogP contribution is -2.18. The van der Waals surface area contributed by atoms with Gasteiger partial charge in [0.15, 0.2) is 0 Å². The summed E-state index contributed by atoms with van der Waals surface area (Å²) >= 11 is 0. The molecule has 0 aliphatic rings. The normalized spacial score (nSPS) is 11.2. The van der Waals surface area contributed by atoms with Gasteiger partial charge in [0.2, 0.25) is 0 Å². The summed E-state index contributed by atoms with van der Waals surface area (Å²) in [5, 5.41) is 7.61. The molecular weight excluding hydrogens is 190 g/mol. The molecule has 1 aromatic rings. The maximum Gasteiger partial charge on any atom is 0.0907 e. The van der Waals surface area contributed by atoms with Crippen molar-refractivity contribution in [1.82, 2.24) is 15.1 Å². The molecule has 4 heteroatoms. The maximum absolute atomic E-state index is 5.48. The molecule has 0 saturated heterocycles. The van der Waals surface area contributed by atoms with Crippen molar-refractivity contribution in [2.45, 2.75) is 33.4 Å². The van der Waals surface area contributed by atoms with Crippen molar-refractivity contribution in [1.29, 1.82) is 0 Å². The molecule has 0 radical (unpaired) electrons. The Kier molecular flexibility index (Phi) is 5.36. The zero-order valence-corrected chi connectivity index (χ0v) is 9.86. The van der Waals surface area contributed by atoms with Crippen LogP contribution in [0.2, 0.25) is 0 Å². The van der Waals surface area contributed by atoms with Crippen molar-refractivity contribution in [3.05, 3.63) is 18.0 Å². The van der Waals surface area contributed by atoms with E-state index < -0.39 is 0 Å². The molecule has 0 saturated carbocycles. The minimum absolute atomic E-state index is 0.417. The Morgan fingerprint density at radius 2 is 2.33 bits per heavy atom. The van der Waals surface area contributed by atoms with Gasteiger partial charge in [-0.15, -0.1) is 0 Å².